The van der Waals surface area contributed by atoms with Gasteiger partial charge in [0.05, 0.1) is 17.8 Å². The lowest BCUT2D eigenvalue weighted by atomic mass is 10.3. The number of esters is 1. The Hall–Kier alpha value is -1.98. The van der Waals surface area contributed by atoms with Crippen molar-refractivity contribution in [2.24, 2.45) is 0 Å². The molecule has 0 aliphatic carbocycles. The normalized spacial score (nSPS) is 17.1. The fourth-order valence-electron chi connectivity index (χ4n) is 3.04. The van der Waals surface area contributed by atoms with E-state index < -0.39 is 10.0 Å². The number of hydrogen-bond donors (Lipinski definition) is 0. The number of nitrogens with zero attached hydrogens (tertiary/aromatic N) is 2. The summed E-state index contributed by atoms with van der Waals surface area (Å²) in [4.78, 5) is 25.2. The van der Waals surface area contributed by atoms with E-state index in [1.807, 2.05) is 0 Å². The molecule has 11 heteroatoms. The topological polar surface area (TPSA) is 102 Å². The van der Waals surface area contributed by atoms with Crippen LogP contribution in [0, 0.1) is 0 Å². The van der Waals surface area contributed by atoms with Crippen LogP contribution in [0.15, 0.2) is 23.1 Å². The zero-order valence-corrected chi connectivity index (χ0v) is 17.8. The van der Waals surface area contributed by atoms with Crippen LogP contribution in [0.2, 0.25) is 0 Å². The van der Waals surface area contributed by atoms with Gasteiger partial charge in [0.25, 0.3) is 0 Å². The molecular formula is C18H24N2O7S2. The van der Waals surface area contributed by atoms with E-state index in [1.165, 1.54) is 35.3 Å². The van der Waals surface area contributed by atoms with Gasteiger partial charge in [-0.1, -0.05) is 0 Å². The zero-order chi connectivity index (χ0) is 20.9. The van der Waals surface area contributed by atoms with Crippen LogP contribution in [-0.4, -0.2) is 87.5 Å². The highest BCUT2D eigenvalue weighted by atomic mass is 32.2. The van der Waals surface area contributed by atoms with Gasteiger partial charge in [0.15, 0.2) is 11.5 Å². The number of methoxy groups -OCH3 is 1. The monoisotopic (exact) mass is 444 g/mol. The van der Waals surface area contributed by atoms with Gasteiger partial charge in [-0.25, -0.2) is 8.42 Å². The van der Waals surface area contributed by atoms with Gasteiger partial charge < -0.3 is 19.1 Å². The maximum Gasteiger partial charge on any atom is 0.315 e. The van der Waals surface area contributed by atoms with Crippen LogP contribution in [0.3, 0.4) is 0 Å². The summed E-state index contributed by atoms with van der Waals surface area (Å²) >= 11 is 1.34. The number of amides is 1. The van der Waals surface area contributed by atoms with Crippen LogP contribution >= 0.6 is 11.8 Å². The zero-order valence-electron chi connectivity index (χ0n) is 16.2. The molecule has 29 heavy (non-hydrogen) atoms. The number of rotatable bonds is 7. The number of thioether (sulfide) groups is 1. The van der Waals surface area contributed by atoms with Crippen molar-refractivity contribution in [2.45, 2.75) is 11.3 Å². The third-order valence-corrected chi connectivity index (χ3v) is 7.48. The summed E-state index contributed by atoms with van der Waals surface area (Å²) in [5, 5.41) is 0. The molecule has 3 rings (SSSR count). The molecular weight excluding hydrogens is 420 g/mol. The molecule has 0 spiro atoms. The summed E-state index contributed by atoms with van der Waals surface area (Å²) < 4.78 is 42.7. The number of piperazine rings is 1. The number of fused-ring (bicyclic) bond motifs is 1. The third-order valence-electron chi connectivity index (χ3n) is 4.65. The molecule has 0 bridgehead atoms. The molecule has 2 heterocycles. The van der Waals surface area contributed by atoms with Gasteiger partial charge >= 0.3 is 5.97 Å². The highest BCUT2D eigenvalue weighted by Crippen LogP contribution is 2.33. The van der Waals surface area contributed by atoms with Crippen molar-refractivity contribution >= 4 is 33.7 Å². The van der Waals surface area contributed by atoms with Gasteiger partial charge in [0.1, 0.15) is 13.2 Å². The van der Waals surface area contributed by atoms with Crippen LogP contribution in [-0.2, 0) is 24.3 Å². The number of sulfonamides is 1. The number of benzene rings is 1. The van der Waals surface area contributed by atoms with Gasteiger partial charge in [0, 0.05) is 44.4 Å². The first-order chi connectivity index (χ1) is 13.9. The predicted molar refractivity (Wildman–Crippen MR) is 107 cm³/mol. The summed E-state index contributed by atoms with van der Waals surface area (Å²) in [5.74, 6) is 1.33. The van der Waals surface area contributed by atoms with Gasteiger partial charge in [-0.15, -0.1) is 11.8 Å². The molecule has 2 aliphatic rings. The Labute approximate surface area is 174 Å². The van der Waals surface area contributed by atoms with E-state index >= 15 is 0 Å². The number of carbonyl (C=O) groups is 2. The van der Waals surface area contributed by atoms with Crippen molar-refractivity contribution in [2.75, 3.05) is 58.0 Å². The maximum atomic E-state index is 12.9. The first-order valence-corrected chi connectivity index (χ1v) is 11.8. The minimum atomic E-state index is -3.67. The Balaban J connectivity index is 1.52. The molecule has 0 saturated carbocycles. The predicted octanol–water partition coefficient (Wildman–Crippen LogP) is 0.587. The second kappa shape index (κ2) is 9.68. The van der Waals surface area contributed by atoms with Crippen molar-refractivity contribution in [1.29, 1.82) is 0 Å². The van der Waals surface area contributed by atoms with Crippen molar-refractivity contribution in [3.05, 3.63) is 18.2 Å². The van der Waals surface area contributed by atoms with Gasteiger partial charge in [-0.2, -0.15) is 4.31 Å². The lowest BCUT2D eigenvalue weighted by molar-refractivity contribution is -0.137. The van der Waals surface area contributed by atoms with Crippen LogP contribution in [0.4, 0.5) is 0 Å². The Morgan fingerprint density at radius 1 is 1.10 bits per heavy atom. The Morgan fingerprint density at radius 3 is 2.48 bits per heavy atom. The van der Waals surface area contributed by atoms with Gasteiger partial charge in [-0.3, -0.25) is 9.59 Å². The summed E-state index contributed by atoms with van der Waals surface area (Å²) in [6, 6.07) is 4.60. The third kappa shape index (κ3) is 5.34. The molecule has 0 atom stereocenters. The molecule has 0 N–H and O–H groups in total. The van der Waals surface area contributed by atoms with Crippen molar-refractivity contribution in [1.82, 2.24) is 9.21 Å². The second-order valence-electron chi connectivity index (χ2n) is 6.47. The van der Waals surface area contributed by atoms with Crippen LogP contribution in [0.5, 0.6) is 11.5 Å². The fourth-order valence-corrected chi connectivity index (χ4v) is 5.23. The molecule has 160 valence electrons. The number of ether oxygens (including phenoxy) is 3. The lowest BCUT2D eigenvalue weighted by Crippen LogP contribution is -2.50. The first-order valence-electron chi connectivity index (χ1n) is 9.24. The van der Waals surface area contributed by atoms with Gasteiger partial charge in [-0.05, 0) is 12.1 Å². The lowest BCUT2D eigenvalue weighted by Gasteiger charge is -2.34. The first kappa shape index (κ1) is 21.7. The van der Waals surface area contributed by atoms with E-state index in [1.54, 1.807) is 11.0 Å². The molecule has 9 nitrogen and oxygen atoms in total. The summed E-state index contributed by atoms with van der Waals surface area (Å²) in [7, 11) is -2.35. The van der Waals surface area contributed by atoms with E-state index in [0.717, 1.165) is 0 Å². The summed E-state index contributed by atoms with van der Waals surface area (Å²) in [5.41, 5.74) is 0. The van der Waals surface area contributed by atoms with E-state index in [0.29, 0.717) is 50.0 Å². The SMILES string of the molecule is COC(=O)CSCCC(=O)N1CCN(S(=O)(=O)c2ccc3c(c2)OCCO3)CC1. The van der Waals surface area contributed by atoms with E-state index in [4.69, 9.17) is 9.47 Å². The van der Waals surface area contributed by atoms with Crippen LogP contribution in [0.25, 0.3) is 0 Å². The molecule has 1 aromatic rings. The van der Waals surface area contributed by atoms with E-state index in [-0.39, 0.29) is 35.6 Å². The molecule has 0 unspecified atom stereocenters. The minimum absolute atomic E-state index is 0.0428. The van der Waals surface area contributed by atoms with Crippen molar-refractivity contribution < 1.29 is 32.2 Å². The average molecular weight is 445 g/mol. The molecule has 2 aliphatic heterocycles. The summed E-state index contributed by atoms with van der Waals surface area (Å²) in [6.45, 7) is 1.97. The fraction of sp³-hybridized carbons (Fsp3) is 0.556. The molecule has 1 saturated heterocycles. The molecule has 1 amide bonds. The largest absolute Gasteiger partial charge is 0.486 e. The van der Waals surface area contributed by atoms with Crippen LogP contribution in [0.1, 0.15) is 6.42 Å². The molecule has 1 fully saturated rings. The summed E-state index contributed by atoms with van der Waals surface area (Å²) in [6.07, 6.45) is 0.302. The van der Waals surface area contributed by atoms with E-state index in [9.17, 15) is 18.0 Å². The minimum Gasteiger partial charge on any atom is -0.486 e. The maximum absolute atomic E-state index is 12.9. The van der Waals surface area contributed by atoms with E-state index in [2.05, 4.69) is 4.74 Å². The Kier molecular flexibility index (Phi) is 7.25. The second-order valence-corrected chi connectivity index (χ2v) is 9.51. The number of hydrogen-bond acceptors (Lipinski definition) is 8. The molecule has 0 aromatic heterocycles. The quantitative estimate of drug-likeness (QED) is 0.445. The van der Waals surface area contributed by atoms with Gasteiger partial charge in [0.2, 0.25) is 15.9 Å². The standard InChI is InChI=1S/C18H24N2O7S2/c1-25-18(22)13-28-11-4-17(21)19-5-7-20(8-6-19)29(23,24)14-2-3-15-16(12-14)27-10-9-26-15/h2-3,12H,4-11,13H2,1H3. The average Bonchev–Trinajstić information content (AvgIpc) is 2.76. The van der Waals surface area contributed by atoms with Crippen LogP contribution < -0.4 is 9.47 Å². The smallest absolute Gasteiger partial charge is 0.315 e. The number of carbonyl (C=O) groups excluding carboxylic acids is 2. The Bertz CT molecular complexity index is 852. The van der Waals surface area contributed by atoms with Crippen molar-refractivity contribution in [3.8, 4) is 11.5 Å². The molecule has 1 aromatic carbocycles. The van der Waals surface area contributed by atoms with Crippen molar-refractivity contribution in [3.63, 3.8) is 0 Å². The molecule has 0 radical (unpaired) electrons. The highest BCUT2D eigenvalue weighted by Gasteiger charge is 2.31. The Morgan fingerprint density at radius 2 is 1.79 bits per heavy atom. The highest BCUT2D eigenvalue weighted by molar-refractivity contribution is 7.99.